The van der Waals surface area contributed by atoms with Crippen LogP contribution in [0.4, 0.5) is 0 Å². The Morgan fingerprint density at radius 3 is 2.48 bits per heavy atom. The molecule has 2 N–H and O–H groups in total. The fourth-order valence-electron chi connectivity index (χ4n) is 3.36. The lowest BCUT2D eigenvalue weighted by atomic mass is 9.88. The molecule has 1 heterocycles. The molecule has 0 amide bonds. The largest absolute Gasteiger partial charge is 0.327 e. The maximum atomic E-state index is 6.30. The van der Waals surface area contributed by atoms with Gasteiger partial charge in [-0.15, -0.1) is 0 Å². The fraction of sp³-hybridized carbons (Fsp3) is 0.368. The highest BCUT2D eigenvalue weighted by Crippen LogP contribution is 2.27. The first kappa shape index (κ1) is 14.3. The molecule has 2 aromatic rings. The molecule has 110 valence electrons. The van der Waals surface area contributed by atoms with Gasteiger partial charge in [0.25, 0.3) is 0 Å². The Labute approximate surface area is 127 Å². The number of hydrogen-bond acceptors (Lipinski definition) is 2. The number of rotatable bonds is 3. The van der Waals surface area contributed by atoms with E-state index in [1.165, 1.54) is 16.7 Å². The summed E-state index contributed by atoms with van der Waals surface area (Å²) in [7, 11) is 0. The van der Waals surface area contributed by atoms with Gasteiger partial charge in [-0.3, -0.25) is 4.90 Å². The number of likely N-dealkylation sites (tertiary alicyclic amines) is 1. The van der Waals surface area contributed by atoms with Crippen LogP contribution in [0.3, 0.4) is 0 Å². The van der Waals surface area contributed by atoms with Gasteiger partial charge in [-0.2, -0.15) is 0 Å². The summed E-state index contributed by atoms with van der Waals surface area (Å²) in [5.74, 6) is 0.555. The van der Waals surface area contributed by atoms with Crippen molar-refractivity contribution >= 4 is 0 Å². The van der Waals surface area contributed by atoms with E-state index in [4.69, 9.17) is 5.73 Å². The Kier molecular flexibility index (Phi) is 4.37. The zero-order chi connectivity index (χ0) is 14.7. The summed E-state index contributed by atoms with van der Waals surface area (Å²) in [5, 5.41) is 0. The molecule has 0 aliphatic carbocycles. The Hall–Kier alpha value is -1.64. The molecule has 1 aliphatic heterocycles. The molecule has 3 rings (SSSR count). The van der Waals surface area contributed by atoms with E-state index in [-0.39, 0.29) is 6.04 Å². The fourth-order valence-corrected chi connectivity index (χ4v) is 3.36. The molecule has 0 aromatic heterocycles. The third kappa shape index (κ3) is 3.52. The lowest BCUT2D eigenvalue weighted by Gasteiger charge is -2.36. The summed E-state index contributed by atoms with van der Waals surface area (Å²) in [6.45, 7) is 5.29. The Morgan fingerprint density at radius 2 is 1.71 bits per heavy atom. The maximum absolute atomic E-state index is 6.30. The van der Waals surface area contributed by atoms with E-state index in [1.54, 1.807) is 0 Å². The monoisotopic (exact) mass is 280 g/mol. The summed E-state index contributed by atoms with van der Waals surface area (Å²) in [4.78, 5) is 2.51. The molecule has 0 bridgehead atoms. The van der Waals surface area contributed by atoms with Gasteiger partial charge in [-0.25, -0.2) is 0 Å². The second kappa shape index (κ2) is 6.42. The van der Waals surface area contributed by atoms with Gasteiger partial charge >= 0.3 is 0 Å². The van der Waals surface area contributed by atoms with E-state index in [0.29, 0.717) is 5.92 Å². The third-order valence-electron chi connectivity index (χ3n) is 4.48. The third-order valence-corrected chi connectivity index (χ3v) is 4.48. The molecular weight excluding hydrogens is 256 g/mol. The van der Waals surface area contributed by atoms with Gasteiger partial charge in [-0.1, -0.05) is 54.6 Å². The Balaban J connectivity index is 1.73. The highest BCUT2D eigenvalue weighted by atomic mass is 15.1. The normalized spacial score (nSPS) is 23.1. The molecule has 2 unspecified atom stereocenters. The summed E-state index contributed by atoms with van der Waals surface area (Å²) < 4.78 is 0. The second-order valence-corrected chi connectivity index (χ2v) is 6.22. The van der Waals surface area contributed by atoms with Crippen molar-refractivity contribution in [2.75, 3.05) is 13.1 Å². The van der Waals surface area contributed by atoms with Crippen molar-refractivity contribution in [1.29, 1.82) is 0 Å². The highest BCUT2D eigenvalue weighted by Gasteiger charge is 2.26. The Morgan fingerprint density at radius 1 is 1.00 bits per heavy atom. The topological polar surface area (TPSA) is 29.3 Å². The molecule has 1 saturated heterocycles. The minimum Gasteiger partial charge on any atom is -0.327 e. The predicted molar refractivity (Wildman–Crippen MR) is 88.2 cm³/mol. The van der Waals surface area contributed by atoms with Gasteiger partial charge in [0, 0.05) is 25.7 Å². The van der Waals surface area contributed by atoms with E-state index < -0.39 is 0 Å². The number of benzene rings is 2. The van der Waals surface area contributed by atoms with E-state index in [0.717, 1.165) is 26.1 Å². The smallest absolute Gasteiger partial charge is 0.0237 e. The second-order valence-electron chi connectivity index (χ2n) is 6.22. The summed E-state index contributed by atoms with van der Waals surface area (Å²) in [5.41, 5.74) is 10.5. The first-order chi connectivity index (χ1) is 10.2. The predicted octanol–water partition coefficient (Wildman–Crippen LogP) is 3.31. The number of hydrogen-bond donors (Lipinski definition) is 1. The number of nitrogens with two attached hydrogens (primary N) is 1. The van der Waals surface area contributed by atoms with Crippen LogP contribution in [0.25, 0.3) is 0 Å². The van der Waals surface area contributed by atoms with Crippen molar-refractivity contribution in [3.8, 4) is 0 Å². The van der Waals surface area contributed by atoms with Gasteiger partial charge < -0.3 is 5.73 Å². The van der Waals surface area contributed by atoms with Gasteiger partial charge in [0.1, 0.15) is 0 Å². The van der Waals surface area contributed by atoms with Crippen molar-refractivity contribution in [2.45, 2.75) is 31.8 Å². The van der Waals surface area contributed by atoms with Gasteiger partial charge in [-0.05, 0) is 36.0 Å². The molecule has 0 saturated carbocycles. The van der Waals surface area contributed by atoms with E-state index in [9.17, 15) is 0 Å². The molecule has 0 spiro atoms. The summed E-state index contributed by atoms with van der Waals surface area (Å²) in [6.07, 6.45) is 1.09. The van der Waals surface area contributed by atoms with Crippen LogP contribution >= 0.6 is 0 Å². The summed E-state index contributed by atoms with van der Waals surface area (Å²) in [6, 6.07) is 19.7. The molecule has 1 aliphatic rings. The average Bonchev–Trinajstić information content (AvgIpc) is 2.50. The molecule has 0 radical (unpaired) electrons. The van der Waals surface area contributed by atoms with Crippen LogP contribution in [0.1, 0.15) is 29.0 Å². The number of aryl methyl sites for hydroxylation is 1. The van der Waals surface area contributed by atoms with Crippen LogP contribution in [0.15, 0.2) is 54.6 Å². The van der Waals surface area contributed by atoms with Crippen LogP contribution in [-0.4, -0.2) is 24.0 Å². The van der Waals surface area contributed by atoms with E-state index >= 15 is 0 Å². The van der Waals surface area contributed by atoms with E-state index in [2.05, 4.69) is 66.4 Å². The standard InChI is InChI=1S/C19H24N2/c1-15-7-5-6-10-17(15)12-21-13-18(11-19(20)14-21)16-8-3-2-4-9-16/h2-10,18-19H,11-14,20H2,1H3. The zero-order valence-corrected chi connectivity index (χ0v) is 12.7. The molecule has 1 fully saturated rings. The lowest BCUT2D eigenvalue weighted by molar-refractivity contribution is 0.181. The first-order valence-electron chi connectivity index (χ1n) is 7.80. The van der Waals surface area contributed by atoms with Crippen molar-refractivity contribution in [3.63, 3.8) is 0 Å². The minimum absolute atomic E-state index is 0.271. The first-order valence-corrected chi connectivity index (χ1v) is 7.80. The van der Waals surface area contributed by atoms with Crippen molar-refractivity contribution in [3.05, 3.63) is 71.3 Å². The van der Waals surface area contributed by atoms with Gasteiger partial charge in [0.2, 0.25) is 0 Å². The molecule has 21 heavy (non-hydrogen) atoms. The SMILES string of the molecule is Cc1ccccc1CN1CC(N)CC(c2ccccc2)C1. The van der Waals surface area contributed by atoms with Gasteiger partial charge in [0.05, 0.1) is 0 Å². The minimum atomic E-state index is 0.271. The van der Waals surface area contributed by atoms with Crippen molar-refractivity contribution in [2.24, 2.45) is 5.73 Å². The zero-order valence-electron chi connectivity index (χ0n) is 12.7. The lowest BCUT2D eigenvalue weighted by Crippen LogP contribution is -2.45. The van der Waals surface area contributed by atoms with Crippen LogP contribution in [0.5, 0.6) is 0 Å². The van der Waals surface area contributed by atoms with Crippen molar-refractivity contribution < 1.29 is 0 Å². The van der Waals surface area contributed by atoms with Crippen LogP contribution < -0.4 is 5.73 Å². The molecular formula is C19H24N2. The highest BCUT2D eigenvalue weighted by molar-refractivity contribution is 5.26. The van der Waals surface area contributed by atoms with Gasteiger partial charge in [0.15, 0.2) is 0 Å². The molecule has 2 nitrogen and oxygen atoms in total. The Bertz CT molecular complexity index is 579. The number of piperidine rings is 1. The van der Waals surface area contributed by atoms with Crippen LogP contribution in [0.2, 0.25) is 0 Å². The summed E-state index contributed by atoms with van der Waals surface area (Å²) >= 11 is 0. The van der Waals surface area contributed by atoms with E-state index in [1.807, 2.05) is 0 Å². The van der Waals surface area contributed by atoms with Crippen LogP contribution in [0, 0.1) is 6.92 Å². The average molecular weight is 280 g/mol. The number of nitrogens with zero attached hydrogens (tertiary/aromatic N) is 1. The molecule has 2 heteroatoms. The van der Waals surface area contributed by atoms with Crippen LogP contribution in [-0.2, 0) is 6.54 Å². The quantitative estimate of drug-likeness (QED) is 0.934. The molecule has 2 atom stereocenters. The maximum Gasteiger partial charge on any atom is 0.0237 e. The van der Waals surface area contributed by atoms with Crippen molar-refractivity contribution in [1.82, 2.24) is 4.90 Å². The molecule has 2 aromatic carbocycles.